The highest BCUT2D eigenvalue weighted by atomic mass is 16.4. The van der Waals surface area contributed by atoms with Gasteiger partial charge in [0.05, 0.1) is 0 Å². The summed E-state index contributed by atoms with van der Waals surface area (Å²) in [7, 11) is 0. The maximum absolute atomic E-state index is 12.8. The Bertz CT molecular complexity index is 976. The largest absolute Gasteiger partial charge is 0.480 e. The van der Waals surface area contributed by atoms with Gasteiger partial charge in [0.1, 0.15) is 6.04 Å². The van der Waals surface area contributed by atoms with Gasteiger partial charge in [-0.1, -0.05) is 42.5 Å². The number of aromatic amines is 1. The lowest BCUT2D eigenvalue weighted by molar-refractivity contribution is -0.151. The molecule has 2 N–H and O–H groups in total. The fraction of sp³-hybridized carbons (Fsp3) is 0.238. The number of amides is 1. The number of carbonyl (C=O) groups excluding carboxylic acids is 1. The van der Waals surface area contributed by atoms with Crippen LogP contribution in [0.25, 0.3) is 10.9 Å². The molecule has 1 unspecified atom stereocenters. The third-order valence-electron chi connectivity index (χ3n) is 5.14. The molecule has 3 aromatic rings. The quantitative estimate of drug-likeness (QED) is 0.761. The summed E-state index contributed by atoms with van der Waals surface area (Å²) in [6.07, 6.45) is 3.18. The van der Waals surface area contributed by atoms with E-state index in [1.54, 1.807) is 0 Å². The molecule has 1 aliphatic heterocycles. The Balaban J connectivity index is 1.52. The first-order chi connectivity index (χ1) is 12.6. The molecule has 0 saturated heterocycles. The smallest absolute Gasteiger partial charge is 0.326 e. The van der Waals surface area contributed by atoms with E-state index in [0.29, 0.717) is 25.8 Å². The summed E-state index contributed by atoms with van der Waals surface area (Å²) in [5.74, 6) is -1.06. The van der Waals surface area contributed by atoms with Crippen LogP contribution in [0.5, 0.6) is 0 Å². The number of nitrogens with zero attached hydrogens (tertiary/aromatic N) is 1. The molecule has 5 heteroatoms. The lowest BCUT2D eigenvalue weighted by atomic mass is 9.93. The van der Waals surface area contributed by atoms with E-state index < -0.39 is 12.0 Å². The van der Waals surface area contributed by atoms with Gasteiger partial charge in [0.25, 0.3) is 0 Å². The molecule has 1 amide bonds. The van der Waals surface area contributed by atoms with Crippen molar-refractivity contribution in [3.8, 4) is 0 Å². The Hall–Kier alpha value is -3.08. The number of carboxylic acid groups (broad SMARTS) is 1. The van der Waals surface area contributed by atoms with E-state index in [0.717, 1.165) is 27.6 Å². The Kier molecular flexibility index (Phi) is 4.21. The fourth-order valence-electron chi connectivity index (χ4n) is 3.73. The highest BCUT2D eigenvalue weighted by Gasteiger charge is 2.34. The number of hydrogen-bond donors (Lipinski definition) is 2. The van der Waals surface area contributed by atoms with Crippen LogP contribution in [-0.2, 0) is 29.0 Å². The van der Waals surface area contributed by atoms with Crippen LogP contribution >= 0.6 is 0 Å². The van der Waals surface area contributed by atoms with E-state index in [9.17, 15) is 14.7 Å². The molecule has 0 spiro atoms. The van der Waals surface area contributed by atoms with Gasteiger partial charge in [-0.2, -0.15) is 0 Å². The number of para-hydroxylation sites is 1. The average Bonchev–Trinajstić information content (AvgIpc) is 3.08. The van der Waals surface area contributed by atoms with Crippen LogP contribution in [0.3, 0.4) is 0 Å². The minimum Gasteiger partial charge on any atom is -0.480 e. The monoisotopic (exact) mass is 348 g/mol. The maximum Gasteiger partial charge on any atom is 0.326 e. The topological polar surface area (TPSA) is 73.4 Å². The summed E-state index contributed by atoms with van der Waals surface area (Å²) < 4.78 is 0. The minimum absolute atomic E-state index is 0.114. The standard InChI is InChI=1S/C21H20N2O3/c24-20(10-9-15-12-22-18-8-4-3-7-17(15)18)23-13-16-6-2-1-5-14(16)11-19(23)21(25)26/h1-8,12,19,22H,9-11,13H2,(H,25,26). The number of hydrogen-bond acceptors (Lipinski definition) is 2. The molecule has 0 fully saturated rings. The second kappa shape index (κ2) is 6.67. The molecule has 26 heavy (non-hydrogen) atoms. The van der Waals surface area contributed by atoms with E-state index >= 15 is 0 Å². The predicted octanol–water partition coefficient (Wildman–Crippen LogP) is 3.14. The van der Waals surface area contributed by atoms with Gasteiger partial charge >= 0.3 is 5.97 Å². The summed E-state index contributed by atoms with van der Waals surface area (Å²) >= 11 is 0. The van der Waals surface area contributed by atoms with Gasteiger partial charge in [0.15, 0.2) is 0 Å². The van der Waals surface area contributed by atoms with Gasteiger partial charge < -0.3 is 15.0 Å². The van der Waals surface area contributed by atoms with E-state index in [2.05, 4.69) is 4.98 Å². The third-order valence-corrected chi connectivity index (χ3v) is 5.14. The average molecular weight is 348 g/mol. The van der Waals surface area contributed by atoms with Gasteiger partial charge in [0.2, 0.25) is 5.91 Å². The molecule has 1 aromatic heterocycles. The lowest BCUT2D eigenvalue weighted by Crippen LogP contribution is -2.48. The minimum atomic E-state index is -0.944. The van der Waals surface area contributed by atoms with E-state index in [-0.39, 0.29) is 5.91 Å². The number of benzene rings is 2. The van der Waals surface area contributed by atoms with Crippen molar-refractivity contribution in [2.75, 3.05) is 0 Å². The molecule has 1 aliphatic rings. The number of carbonyl (C=O) groups is 2. The van der Waals surface area contributed by atoms with E-state index in [4.69, 9.17) is 0 Å². The summed E-state index contributed by atoms with van der Waals surface area (Å²) in [5, 5.41) is 10.7. The first-order valence-electron chi connectivity index (χ1n) is 8.77. The zero-order valence-corrected chi connectivity index (χ0v) is 14.3. The number of nitrogens with one attached hydrogen (secondary N) is 1. The van der Waals surface area contributed by atoms with Gasteiger partial charge in [-0.05, 0) is 29.2 Å². The van der Waals surface area contributed by atoms with Crippen molar-refractivity contribution in [3.05, 3.63) is 71.4 Å². The number of carboxylic acids is 1. The number of aromatic nitrogens is 1. The van der Waals surface area contributed by atoms with E-state index in [1.807, 2.05) is 54.7 Å². The van der Waals surface area contributed by atoms with Crippen molar-refractivity contribution in [3.63, 3.8) is 0 Å². The van der Waals surface area contributed by atoms with E-state index in [1.165, 1.54) is 4.90 Å². The normalized spacial score (nSPS) is 16.5. The first kappa shape index (κ1) is 16.4. The number of fused-ring (bicyclic) bond motifs is 2. The summed E-state index contributed by atoms with van der Waals surface area (Å²) in [5.41, 5.74) is 4.18. The Morgan fingerprint density at radius 1 is 1.08 bits per heavy atom. The zero-order chi connectivity index (χ0) is 18.1. The lowest BCUT2D eigenvalue weighted by Gasteiger charge is -2.34. The van der Waals surface area contributed by atoms with Crippen molar-refractivity contribution >= 4 is 22.8 Å². The molecular weight excluding hydrogens is 328 g/mol. The third kappa shape index (κ3) is 2.96. The van der Waals surface area contributed by atoms with Gasteiger partial charge in [-0.15, -0.1) is 0 Å². The van der Waals surface area contributed by atoms with Crippen molar-refractivity contribution in [2.45, 2.75) is 31.8 Å². The van der Waals surface area contributed by atoms with Gasteiger partial charge in [-0.3, -0.25) is 4.79 Å². The van der Waals surface area contributed by atoms with Crippen LogP contribution in [0.4, 0.5) is 0 Å². The molecule has 2 aromatic carbocycles. The van der Waals surface area contributed by atoms with Crippen LogP contribution in [-0.4, -0.2) is 32.9 Å². The van der Waals surface area contributed by atoms with Crippen molar-refractivity contribution in [1.82, 2.24) is 9.88 Å². The fourth-order valence-corrected chi connectivity index (χ4v) is 3.73. The molecule has 1 atom stereocenters. The van der Waals surface area contributed by atoms with Gasteiger partial charge in [0, 0.05) is 36.5 Å². The number of aliphatic carboxylic acids is 1. The molecule has 2 heterocycles. The number of rotatable bonds is 4. The van der Waals surface area contributed by atoms with Crippen LogP contribution < -0.4 is 0 Å². The molecule has 5 nitrogen and oxygen atoms in total. The highest BCUT2D eigenvalue weighted by Crippen LogP contribution is 2.25. The second-order valence-electron chi connectivity index (χ2n) is 6.71. The van der Waals surface area contributed by atoms with Crippen LogP contribution in [0.15, 0.2) is 54.7 Å². The molecule has 132 valence electrons. The zero-order valence-electron chi connectivity index (χ0n) is 14.3. The van der Waals surface area contributed by atoms with Crippen LogP contribution in [0.2, 0.25) is 0 Å². The molecule has 0 saturated carbocycles. The highest BCUT2D eigenvalue weighted by molar-refractivity contribution is 5.86. The van der Waals surface area contributed by atoms with Crippen molar-refractivity contribution < 1.29 is 14.7 Å². The Morgan fingerprint density at radius 3 is 2.62 bits per heavy atom. The second-order valence-corrected chi connectivity index (χ2v) is 6.71. The SMILES string of the molecule is O=C(O)C1Cc2ccccc2CN1C(=O)CCc1c[nH]c2ccccc12. The number of aryl methyl sites for hydroxylation is 1. The summed E-state index contributed by atoms with van der Waals surface area (Å²) in [4.78, 5) is 29.2. The maximum atomic E-state index is 12.8. The van der Waals surface area contributed by atoms with Gasteiger partial charge in [-0.25, -0.2) is 4.79 Å². The Labute approximate surface area is 151 Å². The predicted molar refractivity (Wildman–Crippen MR) is 98.7 cm³/mol. The number of H-pyrrole nitrogens is 1. The summed E-state index contributed by atoms with van der Waals surface area (Å²) in [6, 6.07) is 14.9. The Morgan fingerprint density at radius 2 is 1.81 bits per heavy atom. The molecule has 0 bridgehead atoms. The first-order valence-corrected chi connectivity index (χ1v) is 8.77. The van der Waals surface area contributed by atoms with Crippen molar-refractivity contribution in [2.24, 2.45) is 0 Å². The molecule has 0 aliphatic carbocycles. The van der Waals surface area contributed by atoms with Crippen molar-refractivity contribution in [1.29, 1.82) is 0 Å². The summed E-state index contributed by atoms with van der Waals surface area (Å²) in [6.45, 7) is 0.361. The molecular formula is C21H20N2O3. The molecule has 4 rings (SSSR count). The van der Waals surface area contributed by atoms with Crippen LogP contribution in [0, 0.1) is 0 Å². The molecule has 0 radical (unpaired) electrons. The van der Waals surface area contributed by atoms with Crippen LogP contribution in [0.1, 0.15) is 23.1 Å².